The summed E-state index contributed by atoms with van der Waals surface area (Å²) in [5.41, 5.74) is 4.82. The van der Waals surface area contributed by atoms with Gasteiger partial charge in [-0.3, -0.25) is 14.3 Å². The standard InChI is InChI=1S/C28H28N8O2/c1-17(2)36-22(12-13-29-36)20-15-35-16-21(28(38)34(3)23-11-7-10-19(20)25(23)35)30-27(37)26-31-24(32-33-26)14-18-8-5-4-6-9-18/h4-13,15,17,21H,14,16H2,1-3H3,(H,30,37)(H,31,32,33). The number of carbonyl (C=O) groups is 2. The van der Waals surface area contributed by atoms with Crippen molar-refractivity contribution in [2.45, 2.75) is 38.9 Å². The maximum atomic E-state index is 13.5. The number of H-pyrrole nitrogens is 1. The lowest BCUT2D eigenvalue weighted by atomic mass is 10.1. The Morgan fingerprint density at radius 2 is 1.92 bits per heavy atom. The largest absolute Gasteiger partial charge is 0.342 e. The van der Waals surface area contributed by atoms with E-state index in [1.54, 1.807) is 18.1 Å². The van der Waals surface area contributed by atoms with E-state index >= 15 is 0 Å². The third-order valence-electron chi connectivity index (χ3n) is 6.95. The number of benzene rings is 2. The number of aromatic amines is 1. The van der Waals surface area contributed by atoms with Crippen molar-refractivity contribution in [2.75, 3.05) is 11.9 Å². The number of anilines is 1. The molecular formula is C28H28N8O2. The van der Waals surface area contributed by atoms with Crippen molar-refractivity contribution in [3.8, 4) is 11.3 Å². The molecule has 0 saturated carbocycles. The van der Waals surface area contributed by atoms with Crippen molar-refractivity contribution in [2.24, 2.45) is 0 Å². The van der Waals surface area contributed by atoms with E-state index in [-0.39, 0.29) is 24.3 Å². The van der Waals surface area contributed by atoms with E-state index in [1.165, 1.54) is 0 Å². The third-order valence-corrected chi connectivity index (χ3v) is 6.95. The van der Waals surface area contributed by atoms with Gasteiger partial charge < -0.3 is 19.8 Å². The Kier molecular flexibility index (Phi) is 5.79. The fourth-order valence-corrected chi connectivity index (χ4v) is 5.13. The van der Waals surface area contributed by atoms with Gasteiger partial charge in [-0.15, -0.1) is 10.2 Å². The molecule has 0 saturated heterocycles. The first-order valence-electron chi connectivity index (χ1n) is 12.6. The van der Waals surface area contributed by atoms with Gasteiger partial charge >= 0.3 is 0 Å². The van der Waals surface area contributed by atoms with E-state index in [4.69, 9.17) is 0 Å². The lowest BCUT2D eigenvalue weighted by molar-refractivity contribution is -0.120. The van der Waals surface area contributed by atoms with Crippen molar-refractivity contribution in [3.63, 3.8) is 0 Å². The minimum Gasteiger partial charge on any atom is -0.342 e. The van der Waals surface area contributed by atoms with Gasteiger partial charge in [-0.05, 0) is 31.5 Å². The highest BCUT2D eigenvalue weighted by molar-refractivity contribution is 6.10. The minimum atomic E-state index is -0.791. The molecule has 0 bridgehead atoms. The van der Waals surface area contributed by atoms with Crippen LogP contribution in [0.25, 0.3) is 22.2 Å². The monoisotopic (exact) mass is 508 g/mol. The molecule has 38 heavy (non-hydrogen) atoms. The van der Waals surface area contributed by atoms with Gasteiger partial charge in [0, 0.05) is 42.9 Å². The molecule has 0 aliphatic carbocycles. The van der Waals surface area contributed by atoms with Crippen LogP contribution in [0.2, 0.25) is 0 Å². The van der Waals surface area contributed by atoms with E-state index in [0.29, 0.717) is 12.2 Å². The van der Waals surface area contributed by atoms with Crippen LogP contribution in [0.1, 0.15) is 41.9 Å². The molecule has 3 aromatic heterocycles. The molecule has 0 fully saturated rings. The van der Waals surface area contributed by atoms with Gasteiger partial charge in [0.2, 0.25) is 5.82 Å². The summed E-state index contributed by atoms with van der Waals surface area (Å²) in [6.07, 6.45) is 4.37. The van der Waals surface area contributed by atoms with Crippen molar-refractivity contribution < 1.29 is 9.59 Å². The molecule has 2 N–H and O–H groups in total. The first kappa shape index (κ1) is 23.7. The van der Waals surface area contributed by atoms with E-state index in [2.05, 4.69) is 45.5 Å². The summed E-state index contributed by atoms with van der Waals surface area (Å²) in [4.78, 5) is 31.2. The first-order chi connectivity index (χ1) is 18.4. The lowest BCUT2D eigenvalue weighted by Crippen LogP contribution is -2.48. The molecule has 2 amide bonds. The highest BCUT2D eigenvalue weighted by Crippen LogP contribution is 2.38. The Morgan fingerprint density at radius 3 is 2.71 bits per heavy atom. The number of aromatic nitrogens is 6. The minimum absolute atomic E-state index is 0.0762. The number of likely N-dealkylation sites (N-methyl/N-ethyl adjacent to an activating group) is 1. The number of rotatable bonds is 6. The second-order valence-electron chi connectivity index (χ2n) is 9.83. The van der Waals surface area contributed by atoms with E-state index < -0.39 is 11.9 Å². The van der Waals surface area contributed by atoms with E-state index in [0.717, 1.165) is 33.4 Å². The van der Waals surface area contributed by atoms with E-state index in [9.17, 15) is 9.59 Å². The Hall–Kier alpha value is -4.73. The van der Waals surface area contributed by atoms with Gasteiger partial charge in [0.25, 0.3) is 11.8 Å². The molecule has 6 rings (SSSR count). The molecule has 1 atom stereocenters. The summed E-state index contributed by atoms with van der Waals surface area (Å²) in [5, 5.41) is 16.6. The number of nitrogens with zero attached hydrogens (tertiary/aromatic N) is 6. The molecule has 4 heterocycles. The Bertz CT molecular complexity index is 1650. The SMILES string of the molecule is CC(C)n1nccc1-c1cn2c3c(cccc13)N(C)C(=O)C(NC(=O)c1nnc(Cc3ccccc3)[nH]1)C2. The molecule has 192 valence electrons. The van der Waals surface area contributed by atoms with Crippen LogP contribution >= 0.6 is 0 Å². The molecule has 1 unspecified atom stereocenters. The average molecular weight is 509 g/mol. The predicted octanol–water partition coefficient (Wildman–Crippen LogP) is 3.57. The Labute approximate surface area is 219 Å². The quantitative estimate of drug-likeness (QED) is 0.364. The predicted molar refractivity (Wildman–Crippen MR) is 144 cm³/mol. The number of hydrogen-bond donors (Lipinski definition) is 2. The van der Waals surface area contributed by atoms with Crippen LogP contribution in [-0.2, 0) is 17.8 Å². The Balaban J connectivity index is 1.30. The van der Waals surface area contributed by atoms with Gasteiger partial charge in [-0.25, -0.2) is 0 Å². The molecule has 1 aliphatic heterocycles. The van der Waals surface area contributed by atoms with Crippen LogP contribution in [0.4, 0.5) is 5.69 Å². The number of nitrogens with one attached hydrogen (secondary N) is 2. The first-order valence-corrected chi connectivity index (χ1v) is 12.6. The van der Waals surface area contributed by atoms with Crippen molar-refractivity contribution in [1.82, 2.24) is 34.8 Å². The molecule has 5 aromatic rings. The molecule has 0 spiro atoms. The summed E-state index contributed by atoms with van der Waals surface area (Å²) in [7, 11) is 1.74. The maximum Gasteiger partial charge on any atom is 0.289 e. The third kappa shape index (κ3) is 4.03. The van der Waals surface area contributed by atoms with Crippen molar-refractivity contribution in [1.29, 1.82) is 0 Å². The lowest BCUT2D eigenvalue weighted by Gasteiger charge is -2.21. The van der Waals surface area contributed by atoms with Crippen LogP contribution in [0.15, 0.2) is 67.0 Å². The molecule has 10 nitrogen and oxygen atoms in total. The zero-order chi connectivity index (χ0) is 26.4. The topological polar surface area (TPSA) is 114 Å². The zero-order valence-electron chi connectivity index (χ0n) is 21.4. The average Bonchev–Trinajstić information content (AvgIpc) is 3.65. The van der Waals surface area contributed by atoms with Crippen LogP contribution in [0, 0.1) is 0 Å². The summed E-state index contributed by atoms with van der Waals surface area (Å²) >= 11 is 0. The van der Waals surface area contributed by atoms with Crippen LogP contribution in [0.5, 0.6) is 0 Å². The molecule has 10 heteroatoms. The van der Waals surface area contributed by atoms with Crippen LogP contribution in [-0.4, -0.2) is 54.4 Å². The smallest absolute Gasteiger partial charge is 0.289 e. The van der Waals surface area contributed by atoms with Crippen molar-refractivity contribution >= 4 is 28.4 Å². The highest BCUT2D eigenvalue weighted by Gasteiger charge is 2.32. The summed E-state index contributed by atoms with van der Waals surface area (Å²) in [5.74, 6) is -0.0210. The van der Waals surface area contributed by atoms with Gasteiger partial charge in [0.15, 0.2) is 0 Å². The number of para-hydroxylation sites is 1. The highest BCUT2D eigenvalue weighted by atomic mass is 16.2. The second kappa shape index (κ2) is 9.29. The number of hydrogen-bond acceptors (Lipinski definition) is 5. The molecule has 0 radical (unpaired) electrons. The summed E-state index contributed by atoms with van der Waals surface area (Å²) < 4.78 is 4.04. The normalized spacial score (nSPS) is 15.3. The van der Waals surface area contributed by atoms with Crippen LogP contribution in [0.3, 0.4) is 0 Å². The van der Waals surface area contributed by atoms with Crippen molar-refractivity contribution in [3.05, 3.63) is 84.2 Å². The molecule has 2 aromatic carbocycles. The number of carbonyl (C=O) groups excluding carboxylic acids is 2. The number of amides is 2. The molecule has 1 aliphatic rings. The van der Waals surface area contributed by atoms with Gasteiger partial charge in [0.1, 0.15) is 11.9 Å². The van der Waals surface area contributed by atoms with Gasteiger partial charge in [-0.2, -0.15) is 5.10 Å². The van der Waals surface area contributed by atoms with Crippen LogP contribution < -0.4 is 10.2 Å². The fraction of sp³-hybridized carbons (Fsp3) is 0.250. The summed E-state index contributed by atoms with van der Waals surface area (Å²) in [6, 6.07) is 17.2. The van der Waals surface area contributed by atoms with Gasteiger partial charge in [0.05, 0.1) is 23.4 Å². The van der Waals surface area contributed by atoms with E-state index in [1.807, 2.05) is 64.0 Å². The van der Waals surface area contributed by atoms with Gasteiger partial charge in [-0.1, -0.05) is 42.5 Å². The maximum absolute atomic E-state index is 13.5. The molecular weight excluding hydrogens is 480 g/mol. The summed E-state index contributed by atoms with van der Waals surface area (Å²) in [6.45, 7) is 4.47. The zero-order valence-corrected chi connectivity index (χ0v) is 21.4. The fourth-order valence-electron chi connectivity index (χ4n) is 5.13. The Morgan fingerprint density at radius 1 is 1.11 bits per heavy atom. The second-order valence-corrected chi connectivity index (χ2v) is 9.83.